The number of hydrogen-bond acceptors (Lipinski definition) is 3. The Bertz CT molecular complexity index is 536. The maximum absolute atomic E-state index is 12.3. The average molecular weight is 334 g/mol. The molecule has 0 saturated carbocycles. The van der Waals surface area contributed by atoms with Crippen LogP contribution in [0.1, 0.15) is 38.2 Å². The van der Waals surface area contributed by atoms with Gasteiger partial charge in [-0.1, -0.05) is 42.5 Å². The van der Waals surface area contributed by atoms with Gasteiger partial charge in [0.25, 0.3) is 0 Å². The fourth-order valence-electron chi connectivity index (χ4n) is 2.35. The molecule has 0 unspecified atom stereocenters. The third-order valence-corrected chi connectivity index (χ3v) is 3.89. The van der Waals surface area contributed by atoms with E-state index in [0.717, 1.165) is 25.7 Å². The van der Waals surface area contributed by atoms with Crippen LogP contribution in [0.15, 0.2) is 42.5 Å². The first-order valence-corrected chi connectivity index (χ1v) is 8.58. The molecule has 0 aliphatic carbocycles. The number of benzene rings is 1. The molecule has 0 N–H and O–H groups in total. The topological polar surface area (TPSA) is 50.1 Å². The molecule has 0 radical (unpaired) electrons. The summed E-state index contributed by atoms with van der Waals surface area (Å²) in [5.74, 6) is 0.106. The van der Waals surface area contributed by atoms with Crippen molar-refractivity contribution in [2.24, 2.45) is 5.41 Å². The number of aryl methyl sites for hydroxylation is 1. The molecule has 0 spiro atoms. The lowest BCUT2D eigenvalue weighted by Crippen LogP contribution is -2.30. The van der Waals surface area contributed by atoms with Gasteiger partial charge in [-0.05, 0) is 44.6 Å². The van der Waals surface area contributed by atoms with E-state index >= 15 is 0 Å². The van der Waals surface area contributed by atoms with Crippen molar-refractivity contribution in [3.63, 3.8) is 0 Å². The van der Waals surface area contributed by atoms with E-state index in [0.29, 0.717) is 12.3 Å². The molecule has 1 aromatic carbocycles. The van der Waals surface area contributed by atoms with Gasteiger partial charge in [0, 0.05) is 5.88 Å². The molecule has 0 saturated heterocycles. The van der Waals surface area contributed by atoms with E-state index in [1.807, 2.05) is 24.3 Å². The van der Waals surface area contributed by atoms with E-state index in [4.69, 9.17) is 16.3 Å². The number of unbranched alkanes of at least 4 members (excludes halogenated alkanes) is 1. The number of esters is 1. The normalized spacial score (nSPS) is 13.4. The van der Waals surface area contributed by atoms with E-state index in [2.05, 4.69) is 18.2 Å². The van der Waals surface area contributed by atoms with Crippen LogP contribution in [0.2, 0.25) is 0 Å². The second-order valence-electron chi connectivity index (χ2n) is 5.38. The maximum atomic E-state index is 12.3. The molecule has 0 amide bonds. The molecule has 3 nitrogen and oxygen atoms in total. The Hall–Kier alpha value is -1.79. The van der Waals surface area contributed by atoms with Crippen molar-refractivity contribution in [1.29, 1.82) is 5.26 Å². The highest BCUT2D eigenvalue weighted by atomic mass is 35.5. The number of alkyl halides is 1. The minimum absolute atomic E-state index is 0.274. The first-order valence-electron chi connectivity index (χ1n) is 8.04. The van der Waals surface area contributed by atoms with Gasteiger partial charge >= 0.3 is 5.97 Å². The van der Waals surface area contributed by atoms with Crippen LogP contribution >= 0.6 is 11.6 Å². The van der Waals surface area contributed by atoms with Crippen LogP contribution in [-0.4, -0.2) is 18.5 Å². The maximum Gasteiger partial charge on any atom is 0.330 e. The van der Waals surface area contributed by atoms with Gasteiger partial charge in [0.2, 0.25) is 0 Å². The van der Waals surface area contributed by atoms with Gasteiger partial charge in [-0.15, -0.1) is 11.6 Å². The first-order chi connectivity index (χ1) is 11.2. The molecule has 4 heteroatoms. The number of carbonyl (C=O) groups excluding carboxylic acids is 1. The minimum atomic E-state index is -1.20. The Morgan fingerprint density at radius 2 is 2.09 bits per heavy atom. The molecule has 0 aliphatic heterocycles. The number of allylic oxidation sites excluding steroid dienone is 1. The van der Waals surface area contributed by atoms with Crippen LogP contribution in [0.4, 0.5) is 0 Å². The lowest BCUT2D eigenvalue weighted by molar-refractivity contribution is -0.149. The molecule has 23 heavy (non-hydrogen) atoms. The molecule has 1 aromatic rings. The summed E-state index contributed by atoms with van der Waals surface area (Å²) in [5, 5.41) is 9.60. The summed E-state index contributed by atoms with van der Waals surface area (Å²) in [4.78, 5) is 12.3. The summed E-state index contributed by atoms with van der Waals surface area (Å²) in [6.45, 7) is 2.03. The molecule has 1 rings (SSSR count). The van der Waals surface area contributed by atoms with Crippen molar-refractivity contribution >= 4 is 17.6 Å². The van der Waals surface area contributed by atoms with Crippen molar-refractivity contribution in [1.82, 2.24) is 0 Å². The van der Waals surface area contributed by atoms with E-state index < -0.39 is 11.4 Å². The van der Waals surface area contributed by atoms with Crippen molar-refractivity contribution < 1.29 is 9.53 Å². The molecule has 124 valence electrons. The monoisotopic (exact) mass is 333 g/mol. The molecular formula is C19H24ClNO2. The number of nitriles is 1. The van der Waals surface area contributed by atoms with E-state index in [1.165, 1.54) is 5.56 Å². The molecule has 0 fully saturated rings. The first kappa shape index (κ1) is 19.3. The van der Waals surface area contributed by atoms with Gasteiger partial charge in [-0.2, -0.15) is 5.26 Å². The molecule has 1 atom stereocenters. The highest BCUT2D eigenvalue weighted by molar-refractivity contribution is 6.17. The summed E-state index contributed by atoms with van der Waals surface area (Å²) in [6, 6.07) is 12.2. The van der Waals surface area contributed by atoms with Crippen LogP contribution in [0, 0.1) is 16.7 Å². The van der Waals surface area contributed by atoms with Gasteiger partial charge < -0.3 is 4.74 Å². The average Bonchev–Trinajstić information content (AvgIpc) is 2.58. The number of halogens is 1. The lowest BCUT2D eigenvalue weighted by Gasteiger charge is -2.21. The zero-order valence-electron chi connectivity index (χ0n) is 13.6. The number of ether oxygens (including phenoxy) is 1. The highest BCUT2D eigenvalue weighted by Gasteiger charge is 2.37. The molecule has 0 heterocycles. The molecular weight excluding hydrogens is 310 g/mol. The predicted octanol–water partition coefficient (Wildman–Crippen LogP) is 4.66. The smallest absolute Gasteiger partial charge is 0.330 e. The Labute approximate surface area is 143 Å². The zero-order chi connectivity index (χ0) is 17.0. The van der Waals surface area contributed by atoms with Gasteiger partial charge in [-0.3, -0.25) is 0 Å². The quantitative estimate of drug-likeness (QED) is 0.271. The summed E-state index contributed by atoms with van der Waals surface area (Å²) in [6.07, 6.45) is 7.18. The van der Waals surface area contributed by atoms with E-state index in [9.17, 15) is 10.1 Å². The molecule has 0 aliphatic rings. The van der Waals surface area contributed by atoms with Crippen molar-refractivity contribution in [3.05, 3.63) is 48.0 Å². The number of carbonyl (C=O) groups is 1. The van der Waals surface area contributed by atoms with E-state index in [1.54, 1.807) is 13.0 Å². The van der Waals surface area contributed by atoms with Crippen LogP contribution < -0.4 is 0 Å². The SMILES string of the molecule is CCOC(=O)[C@](C#N)(/C=C/CCCCl)CCCc1ccccc1. The standard InChI is InChI=1S/C19H24ClNO2/c1-2-23-18(22)19(16-21,13-7-4-8-15-20)14-9-12-17-10-5-3-6-11-17/h3,5-7,10-11,13H,2,4,8-9,12,14-15H2,1H3/b13-7+/t19-/m1/s1. The molecule has 0 aromatic heterocycles. The zero-order valence-corrected chi connectivity index (χ0v) is 14.4. The Morgan fingerprint density at radius 1 is 1.35 bits per heavy atom. The van der Waals surface area contributed by atoms with Crippen LogP contribution in [-0.2, 0) is 16.0 Å². The van der Waals surface area contributed by atoms with Gasteiger partial charge in [0.15, 0.2) is 5.41 Å². The third-order valence-electron chi connectivity index (χ3n) is 3.63. The van der Waals surface area contributed by atoms with Crippen molar-refractivity contribution in [2.45, 2.75) is 39.0 Å². The Morgan fingerprint density at radius 3 is 2.70 bits per heavy atom. The Balaban J connectivity index is 2.74. The summed E-state index contributed by atoms with van der Waals surface area (Å²) in [7, 11) is 0. The third kappa shape index (κ3) is 6.46. The lowest BCUT2D eigenvalue weighted by atomic mass is 9.83. The largest absolute Gasteiger partial charge is 0.465 e. The highest BCUT2D eigenvalue weighted by Crippen LogP contribution is 2.28. The van der Waals surface area contributed by atoms with Crippen molar-refractivity contribution in [2.75, 3.05) is 12.5 Å². The van der Waals surface area contributed by atoms with Crippen LogP contribution in [0.25, 0.3) is 0 Å². The van der Waals surface area contributed by atoms with Crippen LogP contribution in [0.3, 0.4) is 0 Å². The number of nitrogens with zero attached hydrogens (tertiary/aromatic N) is 1. The van der Waals surface area contributed by atoms with Gasteiger partial charge in [-0.25, -0.2) is 4.79 Å². The predicted molar refractivity (Wildman–Crippen MR) is 93.2 cm³/mol. The fourth-order valence-corrected chi connectivity index (χ4v) is 2.50. The van der Waals surface area contributed by atoms with Gasteiger partial charge in [0.05, 0.1) is 12.7 Å². The van der Waals surface area contributed by atoms with Crippen molar-refractivity contribution in [3.8, 4) is 6.07 Å². The minimum Gasteiger partial charge on any atom is -0.465 e. The second kappa shape index (κ2) is 10.9. The van der Waals surface area contributed by atoms with Gasteiger partial charge in [0.1, 0.15) is 0 Å². The summed E-state index contributed by atoms with van der Waals surface area (Å²) >= 11 is 5.66. The number of hydrogen-bond donors (Lipinski definition) is 0. The second-order valence-corrected chi connectivity index (χ2v) is 5.75. The van der Waals surface area contributed by atoms with Crippen LogP contribution in [0.5, 0.6) is 0 Å². The van der Waals surface area contributed by atoms with E-state index in [-0.39, 0.29) is 6.61 Å². The summed E-state index contributed by atoms with van der Waals surface area (Å²) < 4.78 is 5.12. The summed E-state index contributed by atoms with van der Waals surface area (Å²) in [5.41, 5.74) is 0.00575. The number of rotatable bonds is 10. The fraction of sp³-hybridized carbons (Fsp3) is 0.474. The molecule has 0 bridgehead atoms. The Kier molecular flexibility index (Phi) is 9.09.